The molecular formula is C57H53N. The maximum atomic E-state index is 2.66. The molecule has 15 rings (SSSR count). The SMILES string of the molecule is CC1(C)c2ccccc2-c2ccc(N(c3ccc4c(c3)-c3ccccc3C43C4CCC5CC(C4)CC3C5)c3ccc4c(c3)C3(CC5CCC3C5)c3ccccc3-4)cc21. The standard InChI is InChI=1S/C57H53N/c1-55(2)49-12-6-3-9-43(49)46-22-19-41(31-53(46)55)58(42-20-23-47-44-10-4-7-13-50(44)56(54(47)32-42)33-35-16-17-37(56)27-35)40-21-24-52-48(30-40)45-11-5-8-14-51(45)57(52)38-18-15-34-25-36(28-38)29-39(57)26-34/h3-14,19-24,30-32,34-39H,15-18,25-29,33H2,1-2H3. The van der Waals surface area contributed by atoms with Gasteiger partial charge in [0, 0.05) is 33.3 Å². The van der Waals surface area contributed by atoms with E-state index < -0.39 is 0 Å². The van der Waals surface area contributed by atoms with Crippen molar-refractivity contribution in [2.24, 2.45) is 35.5 Å². The van der Waals surface area contributed by atoms with Gasteiger partial charge in [0.2, 0.25) is 0 Å². The van der Waals surface area contributed by atoms with E-state index in [9.17, 15) is 0 Å². The van der Waals surface area contributed by atoms with Crippen LogP contribution in [0, 0.1) is 35.5 Å². The van der Waals surface area contributed by atoms with E-state index in [4.69, 9.17) is 0 Å². The van der Waals surface area contributed by atoms with Gasteiger partial charge < -0.3 is 4.90 Å². The zero-order chi connectivity index (χ0) is 38.1. The predicted molar refractivity (Wildman–Crippen MR) is 238 cm³/mol. The van der Waals surface area contributed by atoms with Crippen LogP contribution < -0.4 is 4.90 Å². The lowest BCUT2D eigenvalue weighted by Crippen LogP contribution is -2.48. The van der Waals surface area contributed by atoms with Crippen LogP contribution in [0.1, 0.15) is 111 Å². The Bertz CT molecular complexity index is 2740. The van der Waals surface area contributed by atoms with E-state index in [0.717, 1.165) is 35.5 Å². The minimum absolute atomic E-state index is 0.0679. The van der Waals surface area contributed by atoms with Crippen molar-refractivity contribution in [2.45, 2.75) is 94.3 Å². The van der Waals surface area contributed by atoms with Crippen LogP contribution in [0.5, 0.6) is 0 Å². The molecule has 2 spiro atoms. The number of hydrogen-bond acceptors (Lipinski definition) is 1. The second-order valence-corrected chi connectivity index (χ2v) is 20.9. The van der Waals surface area contributed by atoms with Crippen LogP contribution in [-0.2, 0) is 16.2 Å². The van der Waals surface area contributed by atoms with Crippen LogP contribution in [0.15, 0.2) is 127 Å². The van der Waals surface area contributed by atoms with Crippen LogP contribution in [-0.4, -0.2) is 0 Å². The fraction of sp³-hybridized carbons (Fsp3) is 0.368. The van der Waals surface area contributed by atoms with E-state index in [1.54, 1.807) is 22.3 Å². The Morgan fingerprint density at radius 2 is 0.931 bits per heavy atom. The van der Waals surface area contributed by atoms with Crippen LogP contribution >= 0.6 is 0 Å². The van der Waals surface area contributed by atoms with E-state index in [2.05, 4.69) is 146 Å². The summed E-state index contributed by atoms with van der Waals surface area (Å²) in [5.41, 5.74) is 22.2. The highest BCUT2D eigenvalue weighted by molar-refractivity contribution is 5.91. The Balaban J connectivity index is 0.986. The Hall–Kier alpha value is -4.88. The van der Waals surface area contributed by atoms with Gasteiger partial charge in [-0.2, -0.15) is 0 Å². The third kappa shape index (κ3) is 3.96. The topological polar surface area (TPSA) is 3.24 Å². The van der Waals surface area contributed by atoms with Crippen LogP contribution in [0.25, 0.3) is 33.4 Å². The van der Waals surface area contributed by atoms with Gasteiger partial charge in [-0.25, -0.2) is 0 Å². The molecular weight excluding hydrogens is 699 g/mol. The van der Waals surface area contributed by atoms with Crippen molar-refractivity contribution in [1.82, 2.24) is 0 Å². The normalized spacial score (nSPS) is 31.6. The highest BCUT2D eigenvalue weighted by Gasteiger charge is 2.60. The van der Waals surface area contributed by atoms with Crippen LogP contribution in [0.4, 0.5) is 17.1 Å². The van der Waals surface area contributed by atoms with Crippen molar-refractivity contribution in [3.63, 3.8) is 0 Å². The Morgan fingerprint density at radius 3 is 1.69 bits per heavy atom. The molecule has 286 valence electrons. The molecule has 0 amide bonds. The molecule has 6 aromatic rings. The highest BCUT2D eigenvalue weighted by Crippen LogP contribution is 2.69. The molecule has 0 saturated heterocycles. The monoisotopic (exact) mass is 751 g/mol. The molecule has 8 unspecified atom stereocenters. The van der Waals surface area contributed by atoms with Crippen molar-refractivity contribution in [3.8, 4) is 33.4 Å². The molecule has 1 heteroatoms. The predicted octanol–water partition coefficient (Wildman–Crippen LogP) is 14.7. The first-order chi connectivity index (χ1) is 28.4. The molecule has 9 aliphatic carbocycles. The maximum absolute atomic E-state index is 2.66. The van der Waals surface area contributed by atoms with Crippen molar-refractivity contribution in [2.75, 3.05) is 4.90 Å². The maximum Gasteiger partial charge on any atom is 0.0468 e. The van der Waals surface area contributed by atoms with Gasteiger partial charge in [0.05, 0.1) is 0 Å². The molecule has 0 aromatic heterocycles. The van der Waals surface area contributed by atoms with E-state index in [0.29, 0.717) is 0 Å². The molecule has 1 nitrogen and oxygen atoms in total. The molecule has 0 N–H and O–H groups in total. The minimum Gasteiger partial charge on any atom is -0.310 e. The van der Waals surface area contributed by atoms with Gasteiger partial charge in [-0.15, -0.1) is 0 Å². The molecule has 58 heavy (non-hydrogen) atoms. The Morgan fingerprint density at radius 1 is 0.397 bits per heavy atom. The number of hydrogen-bond donors (Lipinski definition) is 0. The molecule has 6 bridgehead atoms. The van der Waals surface area contributed by atoms with Gasteiger partial charge >= 0.3 is 0 Å². The molecule has 9 aliphatic rings. The lowest BCUT2D eigenvalue weighted by Gasteiger charge is -2.53. The summed E-state index contributed by atoms with van der Waals surface area (Å²) in [4.78, 5) is 2.65. The van der Waals surface area contributed by atoms with Crippen LogP contribution in [0.3, 0.4) is 0 Å². The van der Waals surface area contributed by atoms with Crippen molar-refractivity contribution < 1.29 is 0 Å². The summed E-state index contributed by atoms with van der Waals surface area (Å²) in [6.45, 7) is 4.85. The van der Waals surface area contributed by atoms with Crippen LogP contribution in [0.2, 0.25) is 0 Å². The minimum atomic E-state index is -0.0679. The van der Waals surface area contributed by atoms with Crippen molar-refractivity contribution >= 4 is 17.1 Å². The first-order valence-corrected chi connectivity index (χ1v) is 23.0. The lowest BCUT2D eigenvalue weighted by molar-refractivity contribution is 0.0618. The van der Waals surface area contributed by atoms with E-state index in [-0.39, 0.29) is 16.2 Å². The zero-order valence-electron chi connectivity index (χ0n) is 34.1. The summed E-state index contributed by atoms with van der Waals surface area (Å²) in [5.74, 6) is 4.97. The van der Waals surface area contributed by atoms with Crippen molar-refractivity contribution in [3.05, 3.63) is 161 Å². The summed E-state index contributed by atoms with van der Waals surface area (Å²) < 4.78 is 0. The molecule has 8 atom stereocenters. The second-order valence-electron chi connectivity index (χ2n) is 20.9. The van der Waals surface area contributed by atoms with Gasteiger partial charge in [-0.3, -0.25) is 0 Å². The van der Waals surface area contributed by atoms with Crippen molar-refractivity contribution in [1.29, 1.82) is 0 Å². The fourth-order valence-corrected chi connectivity index (χ4v) is 16.2. The van der Waals surface area contributed by atoms with Gasteiger partial charge in [-0.05, 0) is 190 Å². The van der Waals surface area contributed by atoms with Gasteiger partial charge in [0.1, 0.15) is 0 Å². The number of benzene rings is 6. The summed E-state index contributed by atoms with van der Waals surface area (Å²) in [5, 5.41) is 0. The van der Waals surface area contributed by atoms with E-state index in [1.165, 1.54) is 126 Å². The van der Waals surface area contributed by atoms with E-state index in [1.807, 2.05) is 0 Å². The largest absolute Gasteiger partial charge is 0.310 e. The zero-order valence-corrected chi connectivity index (χ0v) is 34.1. The quantitative estimate of drug-likeness (QED) is 0.174. The number of fused-ring (bicyclic) bond motifs is 15. The summed E-state index contributed by atoms with van der Waals surface area (Å²) in [6, 6.07) is 51.1. The number of anilines is 3. The Labute approximate surface area is 344 Å². The summed E-state index contributed by atoms with van der Waals surface area (Å²) >= 11 is 0. The molecule has 6 saturated carbocycles. The summed E-state index contributed by atoms with van der Waals surface area (Å²) in [6.07, 6.45) is 14.0. The van der Waals surface area contributed by atoms with E-state index >= 15 is 0 Å². The second kappa shape index (κ2) is 11.2. The highest BCUT2D eigenvalue weighted by atomic mass is 15.1. The molecule has 6 fully saturated rings. The molecule has 0 aliphatic heterocycles. The fourth-order valence-electron chi connectivity index (χ4n) is 16.2. The molecule has 0 heterocycles. The number of rotatable bonds is 3. The number of nitrogens with zero attached hydrogens (tertiary/aromatic N) is 1. The molecule has 6 aromatic carbocycles. The van der Waals surface area contributed by atoms with Gasteiger partial charge in [0.25, 0.3) is 0 Å². The average molecular weight is 752 g/mol. The third-order valence-corrected chi connectivity index (χ3v) is 18.2. The Kier molecular flexibility index (Phi) is 6.39. The molecule has 0 radical (unpaired) electrons. The first kappa shape index (κ1) is 33.0. The smallest absolute Gasteiger partial charge is 0.0468 e. The summed E-state index contributed by atoms with van der Waals surface area (Å²) in [7, 11) is 0. The van der Waals surface area contributed by atoms with Gasteiger partial charge in [-0.1, -0.05) is 118 Å². The average Bonchev–Trinajstić information content (AvgIpc) is 4.02. The third-order valence-electron chi connectivity index (χ3n) is 18.2. The first-order valence-electron chi connectivity index (χ1n) is 23.0. The van der Waals surface area contributed by atoms with Gasteiger partial charge in [0.15, 0.2) is 0 Å². The lowest BCUT2D eigenvalue weighted by atomic mass is 9.51.